The lowest BCUT2D eigenvalue weighted by Gasteiger charge is -2.20. The second kappa shape index (κ2) is 8.37. The summed E-state index contributed by atoms with van der Waals surface area (Å²) in [6.45, 7) is 0. The Kier molecular flexibility index (Phi) is 5.75. The van der Waals surface area contributed by atoms with Crippen molar-refractivity contribution in [2.45, 2.75) is 22.8 Å². The molecule has 0 aromatic heterocycles. The van der Waals surface area contributed by atoms with Crippen LogP contribution in [0, 0.1) is 5.82 Å². The third kappa shape index (κ3) is 4.51. The van der Waals surface area contributed by atoms with Crippen molar-refractivity contribution in [1.29, 1.82) is 0 Å². The van der Waals surface area contributed by atoms with E-state index in [4.69, 9.17) is 10.7 Å². The van der Waals surface area contributed by atoms with E-state index in [0.717, 1.165) is 5.56 Å². The van der Waals surface area contributed by atoms with Gasteiger partial charge in [0.1, 0.15) is 11.4 Å². The third-order valence-corrected chi connectivity index (χ3v) is 6.77. The predicted molar refractivity (Wildman–Crippen MR) is 119 cm³/mol. The van der Waals surface area contributed by atoms with Crippen molar-refractivity contribution >= 4 is 37.2 Å². The Bertz CT molecular complexity index is 1270. The Morgan fingerprint density at radius 3 is 2.16 bits per heavy atom. The minimum absolute atomic E-state index is 0.0925. The first-order valence-corrected chi connectivity index (χ1v) is 12.0. The molecule has 3 aromatic carbocycles. The quantitative estimate of drug-likeness (QED) is 0.529. The van der Waals surface area contributed by atoms with Gasteiger partial charge < -0.3 is 10.6 Å². The average Bonchev–Trinajstić information content (AvgIpc) is 3.50. The van der Waals surface area contributed by atoms with E-state index in [2.05, 4.69) is 10.6 Å². The molecule has 1 aliphatic carbocycles. The highest BCUT2D eigenvalue weighted by molar-refractivity contribution is 8.13. The number of nitrogens with one attached hydrogen (secondary N) is 2. The molecule has 0 radical (unpaired) electrons. The van der Waals surface area contributed by atoms with E-state index in [9.17, 15) is 22.4 Å². The van der Waals surface area contributed by atoms with Crippen LogP contribution in [0.3, 0.4) is 0 Å². The summed E-state index contributed by atoms with van der Waals surface area (Å²) in [4.78, 5) is 26.0. The maximum absolute atomic E-state index is 13.3. The highest BCUT2D eigenvalue weighted by Crippen LogP contribution is 2.52. The zero-order valence-electron chi connectivity index (χ0n) is 16.6. The van der Waals surface area contributed by atoms with E-state index in [1.807, 2.05) is 30.3 Å². The van der Waals surface area contributed by atoms with E-state index in [1.165, 1.54) is 48.5 Å². The van der Waals surface area contributed by atoms with E-state index in [-0.39, 0.29) is 16.4 Å². The van der Waals surface area contributed by atoms with Gasteiger partial charge in [0.15, 0.2) is 0 Å². The largest absolute Gasteiger partial charge is 0.337 e. The Morgan fingerprint density at radius 2 is 1.56 bits per heavy atom. The maximum Gasteiger partial charge on any atom is 0.261 e. The molecule has 2 atom stereocenters. The number of amides is 2. The van der Waals surface area contributed by atoms with Crippen LogP contribution in [0.15, 0.2) is 83.8 Å². The molecule has 1 fully saturated rings. The van der Waals surface area contributed by atoms with Crippen LogP contribution in [0.25, 0.3) is 0 Å². The van der Waals surface area contributed by atoms with Gasteiger partial charge in [-0.1, -0.05) is 30.3 Å². The van der Waals surface area contributed by atoms with Gasteiger partial charge in [0.25, 0.3) is 20.9 Å². The molecular formula is C23H18ClFN2O4S. The van der Waals surface area contributed by atoms with Crippen LogP contribution < -0.4 is 10.6 Å². The molecule has 4 rings (SSSR count). The number of carbonyl (C=O) groups excluding carboxylic acids is 2. The lowest BCUT2D eigenvalue weighted by Crippen LogP contribution is -2.47. The number of benzene rings is 3. The molecule has 0 heterocycles. The van der Waals surface area contributed by atoms with Crippen LogP contribution in [0.1, 0.15) is 28.3 Å². The standard InChI is InChI=1S/C23H18ClFN2O4S/c24-32(30,31)19-12-10-18(11-13-19)26-22(29)23(14-20(23)15-4-2-1-3-5-15)27-21(28)16-6-8-17(25)9-7-16/h1-13,20H,14H2,(H,26,29)(H,27,28). The fourth-order valence-corrected chi connectivity index (χ4v) is 4.39. The zero-order valence-corrected chi connectivity index (χ0v) is 18.2. The van der Waals surface area contributed by atoms with Gasteiger partial charge in [0.2, 0.25) is 0 Å². The van der Waals surface area contributed by atoms with Crippen LogP contribution in [-0.4, -0.2) is 25.8 Å². The molecule has 2 unspecified atom stereocenters. The maximum atomic E-state index is 13.3. The molecule has 32 heavy (non-hydrogen) atoms. The smallest absolute Gasteiger partial charge is 0.261 e. The normalized spacial score (nSPS) is 19.8. The molecule has 164 valence electrons. The molecule has 0 aliphatic heterocycles. The monoisotopic (exact) mass is 472 g/mol. The summed E-state index contributed by atoms with van der Waals surface area (Å²) >= 11 is 0. The van der Waals surface area contributed by atoms with Gasteiger partial charge in [0, 0.05) is 27.9 Å². The first-order valence-electron chi connectivity index (χ1n) is 9.68. The van der Waals surface area contributed by atoms with Crippen molar-refractivity contribution < 1.29 is 22.4 Å². The van der Waals surface area contributed by atoms with Crippen LogP contribution in [-0.2, 0) is 13.8 Å². The summed E-state index contributed by atoms with van der Waals surface area (Å²) < 4.78 is 36.1. The fraction of sp³-hybridized carbons (Fsp3) is 0.130. The molecule has 3 aromatic rings. The van der Waals surface area contributed by atoms with Crippen LogP contribution in [0.5, 0.6) is 0 Å². The molecule has 0 bridgehead atoms. The molecule has 1 saturated carbocycles. The number of hydrogen-bond acceptors (Lipinski definition) is 4. The van der Waals surface area contributed by atoms with Gasteiger partial charge >= 0.3 is 0 Å². The molecule has 2 amide bonds. The lowest BCUT2D eigenvalue weighted by molar-refractivity contribution is -0.119. The molecule has 0 spiro atoms. The Labute approximate surface area is 188 Å². The topological polar surface area (TPSA) is 92.3 Å². The minimum Gasteiger partial charge on any atom is -0.337 e. The van der Waals surface area contributed by atoms with Crippen molar-refractivity contribution in [3.8, 4) is 0 Å². The Hall–Kier alpha value is -3.23. The highest BCUT2D eigenvalue weighted by atomic mass is 35.7. The van der Waals surface area contributed by atoms with Gasteiger partial charge in [-0.05, 0) is 60.5 Å². The van der Waals surface area contributed by atoms with Crippen LogP contribution >= 0.6 is 10.7 Å². The molecule has 9 heteroatoms. The van der Waals surface area contributed by atoms with Crippen molar-refractivity contribution in [1.82, 2.24) is 5.32 Å². The van der Waals surface area contributed by atoms with Crippen molar-refractivity contribution in [3.63, 3.8) is 0 Å². The molecule has 1 aliphatic rings. The average molecular weight is 473 g/mol. The minimum atomic E-state index is -3.88. The van der Waals surface area contributed by atoms with Crippen molar-refractivity contribution in [2.75, 3.05) is 5.32 Å². The summed E-state index contributed by atoms with van der Waals surface area (Å²) in [5.74, 6) is -1.66. The summed E-state index contributed by atoms with van der Waals surface area (Å²) in [5.41, 5.74) is 0.275. The number of carbonyl (C=O) groups is 2. The van der Waals surface area contributed by atoms with E-state index in [1.54, 1.807) is 0 Å². The first-order chi connectivity index (χ1) is 15.2. The summed E-state index contributed by atoms with van der Waals surface area (Å²) in [5, 5.41) is 5.55. The SMILES string of the molecule is O=C(NC1(C(=O)Nc2ccc(S(=O)(=O)Cl)cc2)CC1c1ccccc1)c1ccc(F)cc1. The van der Waals surface area contributed by atoms with E-state index in [0.29, 0.717) is 12.1 Å². The first kappa shape index (κ1) is 22.0. The fourth-order valence-electron chi connectivity index (χ4n) is 3.62. The number of hydrogen-bond donors (Lipinski definition) is 2. The number of rotatable bonds is 6. The van der Waals surface area contributed by atoms with Crippen molar-refractivity contribution in [3.05, 3.63) is 95.8 Å². The molecule has 6 nitrogen and oxygen atoms in total. The Morgan fingerprint density at radius 1 is 0.938 bits per heavy atom. The Balaban J connectivity index is 1.59. The lowest BCUT2D eigenvalue weighted by atomic mass is 10.0. The highest BCUT2D eigenvalue weighted by Gasteiger charge is 2.61. The van der Waals surface area contributed by atoms with Gasteiger partial charge in [-0.2, -0.15) is 0 Å². The number of anilines is 1. The third-order valence-electron chi connectivity index (χ3n) is 5.40. The molecule has 0 saturated heterocycles. The van der Waals surface area contributed by atoms with E-state index < -0.39 is 32.2 Å². The van der Waals surface area contributed by atoms with Gasteiger partial charge in [-0.25, -0.2) is 12.8 Å². The second-order valence-corrected chi connectivity index (χ2v) is 10.1. The summed E-state index contributed by atoms with van der Waals surface area (Å²) in [6, 6.07) is 19.8. The second-order valence-electron chi connectivity index (χ2n) is 7.52. The van der Waals surface area contributed by atoms with Gasteiger partial charge in [-0.15, -0.1) is 0 Å². The molecule has 2 N–H and O–H groups in total. The number of halogens is 2. The van der Waals surface area contributed by atoms with Crippen LogP contribution in [0.4, 0.5) is 10.1 Å². The molecular weight excluding hydrogens is 455 g/mol. The van der Waals surface area contributed by atoms with Gasteiger partial charge in [0.05, 0.1) is 4.90 Å². The summed E-state index contributed by atoms with van der Waals surface area (Å²) in [6.07, 6.45) is 0.379. The van der Waals surface area contributed by atoms with Gasteiger partial charge in [-0.3, -0.25) is 9.59 Å². The van der Waals surface area contributed by atoms with Crippen LogP contribution in [0.2, 0.25) is 0 Å². The summed E-state index contributed by atoms with van der Waals surface area (Å²) in [7, 11) is 1.44. The van der Waals surface area contributed by atoms with E-state index >= 15 is 0 Å². The zero-order chi connectivity index (χ0) is 22.9. The van der Waals surface area contributed by atoms with Crippen molar-refractivity contribution in [2.24, 2.45) is 0 Å². The predicted octanol–water partition coefficient (Wildman–Crippen LogP) is 4.05.